The Balaban J connectivity index is 1.82. The Morgan fingerprint density at radius 1 is 1.25 bits per heavy atom. The first kappa shape index (κ1) is 15.7. The van der Waals surface area contributed by atoms with Crippen LogP contribution in [0.2, 0.25) is 0 Å². The second-order valence-corrected chi connectivity index (χ2v) is 5.04. The minimum atomic E-state index is -0.397. The number of aromatic nitrogens is 4. The van der Waals surface area contributed by atoms with Crippen LogP contribution in [0.5, 0.6) is 5.75 Å². The van der Waals surface area contributed by atoms with Gasteiger partial charge in [-0.1, -0.05) is 0 Å². The normalized spacial score (nSPS) is 10.8. The largest absolute Gasteiger partial charge is 0.482 e. The van der Waals surface area contributed by atoms with Crippen LogP contribution >= 0.6 is 0 Å². The highest BCUT2D eigenvalue weighted by Gasteiger charge is 2.13. The zero-order valence-corrected chi connectivity index (χ0v) is 13.4. The number of imidazole rings is 1. The molecule has 3 rings (SSSR count). The molecule has 0 fully saturated rings. The van der Waals surface area contributed by atoms with E-state index in [1.54, 1.807) is 19.1 Å². The number of carbonyl (C=O) groups is 1. The predicted octanol–water partition coefficient (Wildman–Crippen LogP) is 1.55. The van der Waals surface area contributed by atoms with Crippen LogP contribution in [0.15, 0.2) is 30.6 Å². The van der Waals surface area contributed by atoms with Gasteiger partial charge in [-0.05, 0) is 31.2 Å². The molecule has 0 saturated heterocycles. The van der Waals surface area contributed by atoms with E-state index in [1.165, 1.54) is 6.33 Å². The van der Waals surface area contributed by atoms with E-state index in [0.29, 0.717) is 35.2 Å². The maximum absolute atomic E-state index is 11.3. The van der Waals surface area contributed by atoms with Gasteiger partial charge in [0.05, 0.1) is 6.61 Å². The minimum absolute atomic E-state index is 0.119. The summed E-state index contributed by atoms with van der Waals surface area (Å²) in [7, 11) is 1.86. The fourth-order valence-corrected chi connectivity index (χ4v) is 2.32. The Morgan fingerprint density at radius 3 is 2.67 bits per heavy atom. The van der Waals surface area contributed by atoms with Crippen LogP contribution in [0.1, 0.15) is 6.92 Å². The Bertz CT molecular complexity index is 873. The van der Waals surface area contributed by atoms with Crippen molar-refractivity contribution in [3.63, 3.8) is 0 Å². The van der Waals surface area contributed by atoms with Gasteiger partial charge in [-0.2, -0.15) is 0 Å². The number of nitrogens with two attached hydrogens (primary N) is 1. The smallest absolute Gasteiger partial charge is 0.344 e. The lowest BCUT2D eigenvalue weighted by Gasteiger charge is -2.07. The van der Waals surface area contributed by atoms with Crippen molar-refractivity contribution in [3.8, 4) is 17.1 Å². The van der Waals surface area contributed by atoms with Crippen LogP contribution < -0.4 is 10.5 Å². The Kier molecular flexibility index (Phi) is 4.28. The van der Waals surface area contributed by atoms with E-state index in [9.17, 15) is 4.79 Å². The second kappa shape index (κ2) is 6.53. The van der Waals surface area contributed by atoms with E-state index in [0.717, 1.165) is 5.56 Å². The number of hydrogen-bond acceptors (Lipinski definition) is 7. The third-order valence-corrected chi connectivity index (χ3v) is 3.46. The van der Waals surface area contributed by atoms with Gasteiger partial charge in [-0.15, -0.1) is 0 Å². The Hall–Kier alpha value is -3.16. The van der Waals surface area contributed by atoms with E-state index >= 15 is 0 Å². The number of benzene rings is 1. The van der Waals surface area contributed by atoms with E-state index in [1.807, 2.05) is 23.7 Å². The molecule has 0 aliphatic carbocycles. The van der Waals surface area contributed by atoms with Crippen LogP contribution in [-0.2, 0) is 16.6 Å². The van der Waals surface area contributed by atoms with Crippen LogP contribution in [0, 0.1) is 0 Å². The molecule has 0 radical (unpaired) electrons. The number of fused-ring (bicyclic) bond motifs is 1. The molecule has 2 heterocycles. The first-order valence-electron chi connectivity index (χ1n) is 7.42. The highest BCUT2D eigenvalue weighted by molar-refractivity contribution is 5.85. The van der Waals surface area contributed by atoms with Crippen LogP contribution in [0.4, 0.5) is 5.82 Å². The molecule has 8 heteroatoms. The maximum atomic E-state index is 11.3. The molecule has 8 nitrogen and oxygen atoms in total. The lowest BCUT2D eigenvalue weighted by Crippen LogP contribution is -2.14. The molecule has 0 amide bonds. The molecule has 2 N–H and O–H groups in total. The van der Waals surface area contributed by atoms with Gasteiger partial charge in [0.1, 0.15) is 17.9 Å². The summed E-state index contributed by atoms with van der Waals surface area (Å²) in [6.07, 6.45) is 1.41. The molecule has 124 valence electrons. The van der Waals surface area contributed by atoms with Crippen molar-refractivity contribution in [2.45, 2.75) is 6.92 Å². The van der Waals surface area contributed by atoms with Gasteiger partial charge in [-0.25, -0.2) is 19.7 Å². The number of esters is 1. The summed E-state index contributed by atoms with van der Waals surface area (Å²) in [6, 6.07) is 7.24. The zero-order chi connectivity index (χ0) is 17.1. The number of nitrogens with zero attached hydrogens (tertiary/aromatic N) is 4. The number of aryl methyl sites for hydroxylation is 1. The number of anilines is 1. The van der Waals surface area contributed by atoms with Gasteiger partial charge in [0.15, 0.2) is 23.6 Å². The topological polar surface area (TPSA) is 105 Å². The lowest BCUT2D eigenvalue weighted by molar-refractivity contribution is -0.145. The average molecular weight is 327 g/mol. The van der Waals surface area contributed by atoms with Crippen molar-refractivity contribution in [2.24, 2.45) is 7.05 Å². The summed E-state index contributed by atoms with van der Waals surface area (Å²) < 4.78 is 12.0. The van der Waals surface area contributed by atoms with Crippen molar-refractivity contribution in [3.05, 3.63) is 30.6 Å². The number of carbonyl (C=O) groups excluding carboxylic acids is 1. The van der Waals surface area contributed by atoms with Gasteiger partial charge >= 0.3 is 5.97 Å². The highest BCUT2D eigenvalue weighted by atomic mass is 16.6. The molecule has 1 aromatic carbocycles. The predicted molar refractivity (Wildman–Crippen MR) is 88.3 cm³/mol. The minimum Gasteiger partial charge on any atom is -0.482 e. The number of ether oxygens (including phenoxy) is 2. The van der Waals surface area contributed by atoms with Gasteiger partial charge in [0.25, 0.3) is 0 Å². The molecule has 0 saturated carbocycles. The van der Waals surface area contributed by atoms with E-state index in [-0.39, 0.29) is 6.61 Å². The first-order valence-corrected chi connectivity index (χ1v) is 7.42. The standard InChI is InChI=1S/C16H17N5O3/c1-3-23-12(22)8-24-11-6-4-10(5-7-11)15-20-13-14(17)18-9-19-16(13)21(15)2/h4-7,9H,3,8H2,1-2H3,(H2,17,18,19). The van der Waals surface area contributed by atoms with Crippen LogP contribution in [0.25, 0.3) is 22.6 Å². The Labute approximate surface area is 138 Å². The van der Waals surface area contributed by atoms with Crippen molar-refractivity contribution in [1.29, 1.82) is 0 Å². The maximum Gasteiger partial charge on any atom is 0.344 e. The fraction of sp³-hybridized carbons (Fsp3) is 0.250. The molecule has 0 atom stereocenters. The summed E-state index contributed by atoms with van der Waals surface area (Å²) >= 11 is 0. The third kappa shape index (κ3) is 2.98. The summed E-state index contributed by atoms with van der Waals surface area (Å²) in [5.74, 6) is 1.24. The van der Waals surface area contributed by atoms with E-state index in [2.05, 4.69) is 15.0 Å². The van der Waals surface area contributed by atoms with E-state index in [4.69, 9.17) is 15.2 Å². The monoisotopic (exact) mass is 327 g/mol. The molecule has 24 heavy (non-hydrogen) atoms. The molecule has 0 aliphatic heterocycles. The summed E-state index contributed by atoms with van der Waals surface area (Å²) in [4.78, 5) is 24.0. The zero-order valence-electron chi connectivity index (χ0n) is 13.4. The van der Waals surface area contributed by atoms with Crippen molar-refractivity contribution in [1.82, 2.24) is 19.5 Å². The molecule has 0 spiro atoms. The molecule has 0 aliphatic rings. The number of rotatable bonds is 5. The highest BCUT2D eigenvalue weighted by Crippen LogP contribution is 2.26. The van der Waals surface area contributed by atoms with E-state index < -0.39 is 5.97 Å². The molecule has 0 unspecified atom stereocenters. The quantitative estimate of drug-likeness (QED) is 0.709. The summed E-state index contributed by atoms with van der Waals surface area (Å²) in [5, 5.41) is 0. The van der Waals surface area contributed by atoms with Gasteiger partial charge in [-0.3, -0.25) is 0 Å². The number of hydrogen-bond donors (Lipinski definition) is 1. The summed E-state index contributed by atoms with van der Waals surface area (Å²) in [5.41, 5.74) is 7.95. The van der Waals surface area contributed by atoms with Crippen molar-refractivity contribution >= 4 is 23.0 Å². The fourth-order valence-electron chi connectivity index (χ4n) is 2.32. The SMILES string of the molecule is CCOC(=O)COc1ccc(-c2nc3c(N)ncnc3n2C)cc1. The molecule has 0 bridgehead atoms. The van der Waals surface area contributed by atoms with Gasteiger partial charge in [0, 0.05) is 12.6 Å². The van der Waals surface area contributed by atoms with Crippen molar-refractivity contribution < 1.29 is 14.3 Å². The van der Waals surface area contributed by atoms with Gasteiger partial charge < -0.3 is 19.8 Å². The van der Waals surface area contributed by atoms with Crippen molar-refractivity contribution in [2.75, 3.05) is 18.9 Å². The second-order valence-electron chi connectivity index (χ2n) is 5.04. The third-order valence-electron chi connectivity index (χ3n) is 3.46. The van der Waals surface area contributed by atoms with Crippen LogP contribution in [-0.4, -0.2) is 38.7 Å². The Morgan fingerprint density at radius 2 is 2.00 bits per heavy atom. The average Bonchev–Trinajstić information content (AvgIpc) is 2.92. The molecule has 3 aromatic rings. The summed E-state index contributed by atoms with van der Waals surface area (Å²) in [6.45, 7) is 1.96. The lowest BCUT2D eigenvalue weighted by atomic mass is 10.2. The van der Waals surface area contributed by atoms with Gasteiger partial charge in [0.2, 0.25) is 0 Å². The first-order chi connectivity index (χ1) is 11.6. The number of nitrogen functional groups attached to an aromatic ring is 1. The molecular weight excluding hydrogens is 310 g/mol. The van der Waals surface area contributed by atoms with Crippen LogP contribution in [0.3, 0.4) is 0 Å². The molecular formula is C16H17N5O3. The molecule has 2 aromatic heterocycles.